The Morgan fingerprint density at radius 1 is 0.833 bits per heavy atom. The average molecular weight is 389 g/mol. The predicted molar refractivity (Wildman–Crippen MR) is 120 cm³/mol. The van der Waals surface area contributed by atoms with Crippen LogP contribution < -0.4 is 5.56 Å². The molecule has 30 heavy (non-hydrogen) atoms. The highest BCUT2D eigenvalue weighted by Crippen LogP contribution is 2.50. The predicted octanol–water partition coefficient (Wildman–Crippen LogP) is 5.34. The van der Waals surface area contributed by atoms with Crippen molar-refractivity contribution in [3.8, 4) is 11.1 Å². The number of para-hydroxylation sites is 1. The summed E-state index contributed by atoms with van der Waals surface area (Å²) in [6.07, 6.45) is 6.40. The van der Waals surface area contributed by atoms with Crippen molar-refractivity contribution in [1.29, 1.82) is 0 Å². The van der Waals surface area contributed by atoms with Crippen LogP contribution in [0.5, 0.6) is 0 Å². The van der Waals surface area contributed by atoms with Crippen LogP contribution in [0.25, 0.3) is 32.8 Å². The standard InChI is InChI=1S/C26H19N3O/c30-26-25-19(5-3-6-20(25)17-10-13-27-14-11-17)12-15-29(26)24-16-21(24)23-9-8-18-4-1-2-7-22(18)28-23/h1-15,21,24H,16H2/t21-,24-/m1/s1. The second-order valence-corrected chi connectivity index (χ2v) is 7.87. The monoisotopic (exact) mass is 389 g/mol. The lowest BCUT2D eigenvalue weighted by Crippen LogP contribution is -2.19. The molecule has 1 fully saturated rings. The van der Waals surface area contributed by atoms with Gasteiger partial charge in [0.15, 0.2) is 0 Å². The van der Waals surface area contributed by atoms with Crippen molar-refractivity contribution in [2.24, 2.45) is 0 Å². The van der Waals surface area contributed by atoms with Gasteiger partial charge in [0.05, 0.1) is 10.9 Å². The van der Waals surface area contributed by atoms with E-state index in [-0.39, 0.29) is 17.5 Å². The molecule has 1 aliphatic carbocycles. The third-order valence-corrected chi connectivity index (χ3v) is 6.06. The van der Waals surface area contributed by atoms with Crippen LogP contribution >= 0.6 is 0 Å². The Kier molecular flexibility index (Phi) is 3.78. The van der Waals surface area contributed by atoms with E-state index in [4.69, 9.17) is 4.98 Å². The van der Waals surface area contributed by atoms with E-state index in [1.807, 2.05) is 65.4 Å². The van der Waals surface area contributed by atoms with E-state index in [2.05, 4.69) is 23.2 Å². The fourth-order valence-corrected chi connectivity index (χ4v) is 4.43. The summed E-state index contributed by atoms with van der Waals surface area (Å²) in [5, 5.41) is 2.87. The van der Waals surface area contributed by atoms with E-state index < -0.39 is 0 Å². The van der Waals surface area contributed by atoms with Crippen LogP contribution in [0.1, 0.15) is 24.1 Å². The zero-order chi connectivity index (χ0) is 20.1. The van der Waals surface area contributed by atoms with Gasteiger partial charge in [-0.2, -0.15) is 0 Å². The highest BCUT2D eigenvalue weighted by molar-refractivity contribution is 5.95. The molecule has 4 heteroatoms. The normalized spacial score (nSPS) is 18.0. The van der Waals surface area contributed by atoms with Gasteiger partial charge in [-0.1, -0.05) is 42.5 Å². The number of hydrogen-bond donors (Lipinski definition) is 0. The Morgan fingerprint density at radius 3 is 2.57 bits per heavy atom. The molecule has 0 bridgehead atoms. The number of rotatable bonds is 3. The summed E-state index contributed by atoms with van der Waals surface area (Å²) in [7, 11) is 0. The van der Waals surface area contributed by atoms with Crippen LogP contribution in [0.15, 0.2) is 96.2 Å². The largest absolute Gasteiger partial charge is 0.311 e. The second-order valence-electron chi connectivity index (χ2n) is 7.87. The lowest BCUT2D eigenvalue weighted by Gasteiger charge is -2.11. The van der Waals surface area contributed by atoms with Gasteiger partial charge in [-0.05, 0) is 53.3 Å². The summed E-state index contributed by atoms with van der Waals surface area (Å²) >= 11 is 0. The van der Waals surface area contributed by atoms with Crippen LogP contribution in [0.4, 0.5) is 0 Å². The maximum absolute atomic E-state index is 13.5. The number of pyridine rings is 3. The van der Waals surface area contributed by atoms with Crippen LogP contribution in [-0.2, 0) is 0 Å². The zero-order valence-corrected chi connectivity index (χ0v) is 16.3. The van der Waals surface area contributed by atoms with Crippen molar-refractivity contribution in [2.45, 2.75) is 18.4 Å². The van der Waals surface area contributed by atoms with Gasteiger partial charge in [0, 0.05) is 41.6 Å². The van der Waals surface area contributed by atoms with Gasteiger partial charge in [-0.3, -0.25) is 14.8 Å². The van der Waals surface area contributed by atoms with Gasteiger partial charge in [-0.25, -0.2) is 0 Å². The number of benzene rings is 2. The van der Waals surface area contributed by atoms with E-state index in [1.54, 1.807) is 12.4 Å². The molecule has 144 valence electrons. The average Bonchev–Trinajstić information content (AvgIpc) is 3.60. The third kappa shape index (κ3) is 2.72. The minimum atomic E-state index is 0.0631. The molecule has 5 aromatic rings. The molecule has 3 aromatic heterocycles. The molecule has 3 heterocycles. The number of hydrogen-bond acceptors (Lipinski definition) is 3. The molecule has 0 radical (unpaired) electrons. The van der Waals surface area contributed by atoms with Crippen molar-refractivity contribution in [3.05, 3.63) is 107 Å². The first-order valence-electron chi connectivity index (χ1n) is 10.2. The summed E-state index contributed by atoms with van der Waals surface area (Å²) < 4.78 is 1.90. The van der Waals surface area contributed by atoms with Crippen molar-refractivity contribution < 1.29 is 0 Å². The first-order chi connectivity index (χ1) is 14.8. The van der Waals surface area contributed by atoms with Crippen LogP contribution in [0, 0.1) is 0 Å². The highest BCUT2D eigenvalue weighted by atomic mass is 16.1. The van der Waals surface area contributed by atoms with Gasteiger partial charge < -0.3 is 4.57 Å². The van der Waals surface area contributed by atoms with Gasteiger partial charge in [0.25, 0.3) is 5.56 Å². The lowest BCUT2D eigenvalue weighted by atomic mass is 10.0. The molecule has 1 aliphatic rings. The minimum Gasteiger partial charge on any atom is -0.311 e. The van der Waals surface area contributed by atoms with E-state index in [0.717, 1.165) is 44.9 Å². The van der Waals surface area contributed by atoms with Crippen LogP contribution in [0.3, 0.4) is 0 Å². The first kappa shape index (κ1) is 17.1. The molecule has 0 aliphatic heterocycles. The maximum Gasteiger partial charge on any atom is 0.259 e. The molecule has 4 nitrogen and oxygen atoms in total. The van der Waals surface area contributed by atoms with E-state index in [9.17, 15) is 4.79 Å². The molecule has 0 N–H and O–H groups in total. The van der Waals surface area contributed by atoms with E-state index in [0.29, 0.717) is 0 Å². The van der Waals surface area contributed by atoms with Gasteiger partial charge >= 0.3 is 0 Å². The van der Waals surface area contributed by atoms with E-state index >= 15 is 0 Å². The van der Waals surface area contributed by atoms with Crippen molar-refractivity contribution in [1.82, 2.24) is 14.5 Å². The van der Waals surface area contributed by atoms with E-state index in [1.165, 1.54) is 0 Å². The Hall–Kier alpha value is -3.79. The first-order valence-corrected chi connectivity index (χ1v) is 10.2. The zero-order valence-electron chi connectivity index (χ0n) is 16.3. The molecule has 0 spiro atoms. The van der Waals surface area contributed by atoms with Crippen molar-refractivity contribution >= 4 is 21.7 Å². The smallest absolute Gasteiger partial charge is 0.259 e. The summed E-state index contributed by atoms with van der Waals surface area (Å²) in [4.78, 5) is 22.5. The summed E-state index contributed by atoms with van der Waals surface area (Å²) in [5.41, 5.74) is 4.09. The fraction of sp³-hybridized carbons (Fsp3) is 0.115. The molecule has 0 amide bonds. The third-order valence-electron chi connectivity index (χ3n) is 6.06. The number of fused-ring (bicyclic) bond motifs is 2. The Balaban J connectivity index is 1.43. The van der Waals surface area contributed by atoms with Crippen molar-refractivity contribution in [3.63, 3.8) is 0 Å². The Morgan fingerprint density at radius 2 is 1.67 bits per heavy atom. The minimum absolute atomic E-state index is 0.0631. The molecule has 0 unspecified atom stereocenters. The molecule has 2 atom stereocenters. The Labute approximate surface area is 173 Å². The van der Waals surface area contributed by atoms with Gasteiger partial charge in [-0.15, -0.1) is 0 Å². The molecule has 1 saturated carbocycles. The summed E-state index contributed by atoms with van der Waals surface area (Å²) in [5.74, 6) is 0.276. The molecular weight excluding hydrogens is 370 g/mol. The lowest BCUT2D eigenvalue weighted by molar-refractivity contribution is 0.688. The van der Waals surface area contributed by atoms with Crippen LogP contribution in [0.2, 0.25) is 0 Å². The highest BCUT2D eigenvalue weighted by Gasteiger charge is 2.41. The van der Waals surface area contributed by atoms with Crippen molar-refractivity contribution in [2.75, 3.05) is 0 Å². The summed E-state index contributed by atoms with van der Waals surface area (Å²) in [6, 6.07) is 24.5. The second kappa shape index (κ2) is 6.63. The maximum atomic E-state index is 13.5. The van der Waals surface area contributed by atoms with Gasteiger partial charge in [0.1, 0.15) is 0 Å². The topological polar surface area (TPSA) is 47.8 Å². The quantitative estimate of drug-likeness (QED) is 0.418. The molecule has 6 rings (SSSR count). The number of nitrogens with zero attached hydrogens (tertiary/aromatic N) is 3. The fourth-order valence-electron chi connectivity index (χ4n) is 4.43. The molecule has 0 saturated heterocycles. The van der Waals surface area contributed by atoms with Crippen LogP contribution in [-0.4, -0.2) is 14.5 Å². The number of aromatic nitrogens is 3. The SMILES string of the molecule is O=c1c2c(-c3ccncc3)cccc2ccn1[C@@H]1C[C@@H]1c1ccc2ccccc2n1. The summed E-state index contributed by atoms with van der Waals surface area (Å²) in [6.45, 7) is 0. The Bertz CT molecular complexity index is 1460. The molecular formula is C26H19N3O. The van der Waals surface area contributed by atoms with Gasteiger partial charge in [0.2, 0.25) is 0 Å². The molecule has 2 aromatic carbocycles.